The van der Waals surface area contributed by atoms with E-state index in [4.69, 9.17) is 11.6 Å². The summed E-state index contributed by atoms with van der Waals surface area (Å²) in [6.07, 6.45) is 0. The Morgan fingerprint density at radius 2 is 1.89 bits per heavy atom. The van der Waals surface area contributed by atoms with Crippen LogP contribution in [0.2, 0.25) is 5.02 Å². The highest BCUT2D eigenvalue weighted by molar-refractivity contribution is 9.10. The summed E-state index contributed by atoms with van der Waals surface area (Å²) in [5.74, 6) is 0. The minimum atomic E-state index is -3.61. The van der Waals surface area contributed by atoms with Gasteiger partial charge in [-0.3, -0.25) is 4.72 Å². The van der Waals surface area contributed by atoms with Crippen molar-refractivity contribution in [2.24, 2.45) is 0 Å². The summed E-state index contributed by atoms with van der Waals surface area (Å²) in [6.45, 7) is 1.84. The van der Waals surface area contributed by atoms with E-state index < -0.39 is 10.0 Å². The molecule has 0 atom stereocenters. The molecule has 2 aromatic carbocycles. The van der Waals surface area contributed by atoms with Crippen LogP contribution in [0.5, 0.6) is 0 Å². The van der Waals surface area contributed by atoms with Gasteiger partial charge in [-0.05, 0) is 58.7 Å². The summed E-state index contributed by atoms with van der Waals surface area (Å²) in [5, 5.41) is 0.463. The van der Waals surface area contributed by atoms with Gasteiger partial charge in [-0.15, -0.1) is 0 Å². The van der Waals surface area contributed by atoms with E-state index in [2.05, 4.69) is 20.7 Å². The molecule has 0 saturated heterocycles. The van der Waals surface area contributed by atoms with Crippen molar-refractivity contribution in [3.63, 3.8) is 0 Å². The monoisotopic (exact) mass is 359 g/mol. The van der Waals surface area contributed by atoms with Crippen LogP contribution in [0.3, 0.4) is 0 Å². The van der Waals surface area contributed by atoms with Crippen LogP contribution in [0.4, 0.5) is 5.69 Å². The van der Waals surface area contributed by atoms with Gasteiger partial charge in [-0.2, -0.15) is 0 Å². The summed E-state index contributed by atoms with van der Waals surface area (Å²) in [7, 11) is -3.61. The smallest absolute Gasteiger partial charge is 0.261 e. The maximum atomic E-state index is 12.2. The predicted octanol–water partition coefficient (Wildman–Crippen LogP) is 4.21. The summed E-state index contributed by atoms with van der Waals surface area (Å²) in [5.41, 5.74) is 1.29. The molecule has 3 nitrogen and oxygen atoms in total. The quantitative estimate of drug-likeness (QED) is 0.891. The molecule has 0 aliphatic rings. The van der Waals surface area contributed by atoms with Gasteiger partial charge in [0, 0.05) is 9.50 Å². The number of halogens is 2. The van der Waals surface area contributed by atoms with Crippen molar-refractivity contribution in [3.8, 4) is 0 Å². The number of sulfonamides is 1. The van der Waals surface area contributed by atoms with E-state index in [1.807, 2.05) is 13.0 Å². The van der Waals surface area contributed by atoms with E-state index in [1.165, 1.54) is 0 Å². The predicted molar refractivity (Wildman–Crippen MR) is 81.1 cm³/mol. The second kappa shape index (κ2) is 5.53. The fraction of sp³-hybridized carbons (Fsp3) is 0.0769. The second-order valence-corrected chi connectivity index (χ2v) is 7.02. The molecule has 0 spiro atoms. The molecular weight excluding hydrogens is 350 g/mol. The molecule has 19 heavy (non-hydrogen) atoms. The summed E-state index contributed by atoms with van der Waals surface area (Å²) in [4.78, 5) is 0.222. The number of hydrogen-bond acceptors (Lipinski definition) is 2. The molecule has 100 valence electrons. The van der Waals surface area contributed by atoms with Crippen LogP contribution >= 0.6 is 27.5 Å². The molecule has 0 aliphatic carbocycles. The Kier molecular flexibility index (Phi) is 4.18. The van der Waals surface area contributed by atoms with Gasteiger partial charge < -0.3 is 0 Å². The lowest BCUT2D eigenvalue weighted by Gasteiger charge is -2.10. The topological polar surface area (TPSA) is 46.2 Å². The van der Waals surface area contributed by atoms with Crippen LogP contribution < -0.4 is 4.72 Å². The van der Waals surface area contributed by atoms with Crippen LogP contribution in [0.15, 0.2) is 51.8 Å². The van der Waals surface area contributed by atoms with Crippen molar-refractivity contribution in [1.82, 2.24) is 0 Å². The maximum Gasteiger partial charge on any atom is 0.261 e. The average molecular weight is 361 g/mol. The van der Waals surface area contributed by atoms with E-state index in [-0.39, 0.29) is 4.90 Å². The minimum absolute atomic E-state index is 0.222. The fourth-order valence-electron chi connectivity index (χ4n) is 1.56. The largest absolute Gasteiger partial charge is 0.278 e. The summed E-state index contributed by atoms with van der Waals surface area (Å²) in [6, 6.07) is 11.6. The van der Waals surface area contributed by atoms with Gasteiger partial charge in [0.25, 0.3) is 10.0 Å². The minimum Gasteiger partial charge on any atom is -0.278 e. The van der Waals surface area contributed by atoms with Gasteiger partial charge in [-0.1, -0.05) is 23.7 Å². The van der Waals surface area contributed by atoms with Gasteiger partial charge in [0.15, 0.2) is 0 Å². The van der Waals surface area contributed by atoms with Crippen molar-refractivity contribution in [1.29, 1.82) is 0 Å². The number of benzene rings is 2. The van der Waals surface area contributed by atoms with Crippen molar-refractivity contribution >= 4 is 43.2 Å². The summed E-state index contributed by atoms with van der Waals surface area (Å²) >= 11 is 9.15. The third-order valence-corrected chi connectivity index (χ3v) is 4.76. The molecule has 0 aromatic heterocycles. The van der Waals surface area contributed by atoms with Crippen LogP contribution in [0, 0.1) is 6.92 Å². The molecule has 0 heterocycles. The number of hydrogen-bond donors (Lipinski definition) is 1. The first-order chi connectivity index (χ1) is 8.88. The SMILES string of the molecule is Cc1cccc(S(=O)(=O)Nc2cc(Cl)ccc2Br)c1. The van der Waals surface area contributed by atoms with Gasteiger partial charge in [-0.25, -0.2) is 8.42 Å². The molecule has 0 aliphatic heterocycles. The number of anilines is 1. The van der Waals surface area contributed by atoms with Gasteiger partial charge in [0.05, 0.1) is 10.6 Å². The maximum absolute atomic E-state index is 12.2. The normalized spacial score (nSPS) is 11.3. The average Bonchev–Trinajstić information content (AvgIpc) is 2.33. The van der Waals surface area contributed by atoms with Crippen LogP contribution in [-0.2, 0) is 10.0 Å². The molecule has 1 N–H and O–H groups in total. The number of nitrogens with one attached hydrogen (secondary N) is 1. The summed E-state index contributed by atoms with van der Waals surface area (Å²) < 4.78 is 27.6. The molecule has 0 saturated carbocycles. The second-order valence-electron chi connectivity index (χ2n) is 4.05. The standard InChI is InChI=1S/C13H11BrClNO2S/c1-9-3-2-4-11(7-9)19(17,18)16-13-8-10(15)5-6-12(13)14/h2-8,16H,1H3. The molecule has 0 radical (unpaired) electrons. The van der Waals surface area contributed by atoms with Crippen molar-refractivity contribution in [2.75, 3.05) is 4.72 Å². The van der Waals surface area contributed by atoms with Crippen molar-refractivity contribution in [2.45, 2.75) is 11.8 Å². The fourth-order valence-corrected chi connectivity index (χ4v) is 3.39. The molecular formula is C13H11BrClNO2S. The molecule has 0 unspecified atom stereocenters. The van der Waals surface area contributed by atoms with Gasteiger partial charge in [0.2, 0.25) is 0 Å². The Balaban J connectivity index is 2.39. The Morgan fingerprint density at radius 3 is 2.58 bits per heavy atom. The van der Waals surface area contributed by atoms with E-state index in [0.717, 1.165) is 5.56 Å². The Morgan fingerprint density at radius 1 is 1.16 bits per heavy atom. The third-order valence-electron chi connectivity index (χ3n) is 2.47. The van der Waals surface area contributed by atoms with Gasteiger partial charge >= 0.3 is 0 Å². The molecule has 6 heteroatoms. The molecule has 0 fully saturated rings. The van der Waals surface area contributed by atoms with E-state index in [1.54, 1.807) is 36.4 Å². The first-order valence-corrected chi connectivity index (χ1v) is 8.08. The Labute approximate surface area is 125 Å². The number of rotatable bonds is 3. The Bertz CT molecular complexity index is 716. The highest BCUT2D eigenvalue weighted by Gasteiger charge is 2.15. The van der Waals surface area contributed by atoms with E-state index >= 15 is 0 Å². The highest BCUT2D eigenvalue weighted by atomic mass is 79.9. The van der Waals surface area contributed by atoms with Gasteiger partial charge in [0.1, 0.15) is 0 Å². The lowest BCUT2D eigenvalue weighted by atomic mass is 10.2. The molecule has 0 amide bonds. The van der Waals surface area contributed by atoms with E-state index in [0.29, 0.717) is 15.2 Å². The molecule has 2 aromatic rings. The third kappa shape index (κ3) is 3.49. The Hall–Kier alpha value is -1.04. The van der Waals surface area contributed by atoms with Crippen LogP contribution in [0.1, 0.15) is 5.56 Å². The van der Waals surface area contributed by atoms with Crippen molar-refractivity contribution in [3.05, 3.63) is 57.5 Å². The first kappa shape index (κ1) is 14.4. The lowest BCUT2D eigenvalue weighted by molar-refractivity contribution is 0.601. The van der Waals surface area contributed by atoms with Crippen molar-refractivity contribution < 1.29 is 8.42 Å². The molecule has 2 rings (SSSR count). The zero-order chi connectivity index (χ0) is 14.0. The zero-order valence-corrected chi connectivity index (χ0v) is 13.2. The first-order valence-electron chi connectivity index (χ1n) is 5.43. The number of aryl methyl sites for hydroxylation is 1. The van der Waals surface area contributed by atoms with Crippen LogP contribution in [0.25, 0.3) is 0 Å². The van der Waals surface area contributed by atoms with E-state index in [9.17, 15) is 8.42 Å². The molecule has 0 bridgehead atoms. The van der Waals surface area contributed by atoms with Crippen LogP contribution in [-0.4, -0.2) is 8.42 Å². The lowest BCUT2D eigenvalue weighted by Crippen LogP contribution is -2.13. The highest BCUT2D eigenvalue weighted by Crippen LogP contribution is 2.28. The zero-order valence-electron chi connectivity index (χ0n) is 10.0.